The minimum Gasteiger partial charge on any atom is -0.258 e. The lowest BCUT2D eigenvalue weighted by Gasteiger charge is -2.17. The zero-order valence-corrected chi connectivity index (χ0v) is 13.9. The van der Waals surface area contributed by atoms with E-state index in [1.54, 1.807) is 6.92 Å². The summed E-state index contributed by atoms with van der Waals surface area (Å²) in [5.74, 6) is 0. The minimum absolute atomic E-state index is 0.331. The maximum atomic E-state index is 12.5. The molecule has 0 heterocycles. The predicted octanol–water partition coefficient (Wildman–Crippen LogP) is 3.25. The van der Waals surface area contributed by atoms with Crippen molar-refractivity contribution >= 4 is 15.7 Å². The molecule has 2 rings (SSSR count). The Morgan fingerprint density at radius 2 is 1.78 bits per heavy atom. The molecule has 0 fully saturated rings. The van der Waals surface area contributed by atoms with E-state index in [-0.39, 0.29) is 4.90 Å². The van der Waals surface area contributed by atoms with Gasteiger partial charge < -0.3 is 0 Å². The van der Waals surface area contributed by atoms with Crippen molar-refractivity contribution in [2.75, 3.05) is 0 Å². The van der Waals surface area contributed by atoms with Gasteiger partial charge in [-0.1, -0.05) is 35.9 Å². The number of para-hydroxylation sites is 1. The average Bonchev–Trinajstić information content (AvgIpc) is 2.49. The van der Waals surface area contributed by atoms with Gasteiger partial charge in [-0.05, 0) is 38.0 Å². The fourth-order valence-electron chi connectivity index (χ4n) is 2.42. The van der Waals surface area contributed by atoms with E-state index in [1.165, 1.54) is 24.3 Å². The van der Waals surface area contributed by atoms with E-state index in [1.807, 2.05) is 32.0 Å². The summed E-state index contributed by atoms with van der Waals surface area (Å²) in [6, 6.07) is 10.6. The zero-order valence-electron chi connectivity index (χ0n) is 13.1. The Hall–Kier alpha value is -2.25. The second-order valence-electron chi connectivity index (χ2n) is 5.43. The number of benzene rings is 2. The molecule has 0 aliphatic carbocycles. The first-order chi connectivity index (χ1) is 10.7. The Kier molecular flexibility index (Phi) is 4.82. The lowest BCUT2D eigenvalue weighted by Crippen LogP contribution is -2.28. The molecular formula is C16H18N2O4S. The molecule has 0 aromatic heterocycles. The van der Waals surface area contributed by atoms with Crippen LogP contribution in [0.1, 0.15) is 29.7 Å². The van der Waals surface area contributed by atoms with Crippen LogP contribution < -0.4 is 4.72 Å². The van der Waals surface area contributed by atoms with Crippen molar-refractivity contribution < 1.29 is 13.3 Å². The van der Waals surface area contributed by atoms with Crippen LogP contribution in [0.25, 0.3) is 0 Å². The normalized spacial score (nSPS) is 12.8. The molecule has 0 saturated carbocycles. The quantitative estimate of drug-likeness (QED) is 0.671. The summed E-state index contributed by atoms with van der Waals surface area (Å²) < 4.78 is 27.6. The largest absolute Gasteiger partial charge is 0.289 e. The van der Waals surface area contributed by atoms with E-state index in [0.29, 0.717) is 0 Å². The van der Waals surface area contributed by atoms with Gasteiger partial charge in [0.15, 0.2) is 4.90 Å². The molecule has 23 heavy (non-hydrogen) atoms. The van der Waals surface area contributed by atoms with Crippen LogP contribution in [0.15, 0.2) is 47.4 Å². The first-order valence-corrected chi connectivity index (χ1v) is 8.53. The summed E-state index contributed by atoms with van der Waals surface area (Å²) in [4.78, 5) is 10.0. The number of nitro benzene ring substituents is 1. The van der Waals surface area contributed by atoms with E-state index in [0.717, 1.165) is 16.7 Å². The standard InChI is InChI=1S/C16H18N2O4S/c1-11-8-9-12(2)14(10-11)13(3)17-23(21,22)16-7-5-4-6-15(16)18(19)20/h4-10,13,17H,1-3H3/t13-/m0/s1. The van der Waals surface area contributed by atoms with Crippen molar-refractivity contribution in [3.63, 3.8) is 0 Å². The summed E-state index contributed by atoms with van der Waals surface area (Å²) in [7, 11) is -4.00. The third kappa shape index (κ3) is 3.75. The van der Waals surface area contributed by atoms with Gasteiger partial charge >= 0.3 is 0 Å². The third-order valence-corrected chi connectivity index (χ3v) is 5.17. The number of hydrogen-bond donors (Lipinski definition) is 1. The van der Waals surface area contributed by atoms with Gasteiger partial charge in [0, 0.05) is 12.1 Å². The highest BCUT2D eigenvalue weighted by Crippen LogP contribution is 2.26. The molecule has 1 N–H and O–H groups in total. The van der Waals surface area contributed by atoms with E-state index < -0.39 is 26.7 Å². The van der Waals surface area contributed by atoms with Crippen LogP contribution in [0.5, 0.6) is 0 Å². The van der Waals surface area contributed by atoms with Crippen molar-refractivity contribution in [1.29, 1.82) is 0 Å². The van der Waals surface area contributed by atoms with Crippen molar-refractivity contribution in [3.05, 3.63) is 69.3 Å². The molecule has 6 nitrogen and oxygen atoms in total. The van der Waals surface area contributed by atoms with Crippen LogP contribution in [-0.4, -0.2) is 13.3 Å². The second-order valence-corrected chi connectivity index (χ2v) is 7.11. The van der Waals surface area contributed by atoms with Gasteiger partial charge in [0.2, 0.25) is 10.0 Å². The minimum atomic E-state index is -4.00. The van der Waals surface area contributed by atoms with Crippen LogP contribution in [0.4, 0.5) is 5.69 Å². The van der Waals surface area contributed by atoms with Crippen LogP contribution in [-0.2, 0) is 10.0 Å². The summed E-state index contributed by atoms with van der Waals surface area (Å²) in [5.41, 5.74) is 2.37. The molecule has 0 aliphatic rings. The maximum absolute atomic E-state index is 12.5. The summed E-state index contributed by atoms with van der Waals surface area (Å²) in [6.45, 7) is 5.53. The number of nitrogens with one attached hydrogen (secondary N) is 1. The fraction of sp³-hybridized carbons (Fsp3) is 0.250. The molecule has 1 atom stereocenters. The van der Waals surface area contributed by atoms with Crippen LogP contribution in [0.2, 0.25) is 0 Å². The first kappa shape index (κ1) is 17.1. The summed E-state index contributed by atoms with van der Waals surface area (Å²) in [6.07, 6.45) is 0. The molecule has 0 spiro atoms. The van der Waals surface area contributed by atoms with Gasteiger partial charge in [-0.25, -0.2) is 13.1 Å². The predicted molar refractivity (Wildman–Crippen MR) is 87.7 cm³/mol. The molecule has 122 valence electrons. The van der Waals surface area contributed by atoms with E-state index >= 15 is 0 Å². The van der Waals surface area contributed by atoms with Gasteiger partial charge in [-0.2, -0.15) is 0 Å². The number of nitrogens with zero attached hydrogens (tertiary/aromatic N) is 1. The van der Waals surface area contributed by atoms with Crippen molar-refractivity contribution in [1.82, 2.24) is 4.72 Å². The molecule has 7 heteroatoms. The van der Waals surface area contributed by atoms with E-state index in [9.17, 15) is 18.5 Å². The van der Waals surface area contributed by atoms with Crippen molar-refractivity contribution in [2.45, 2.75) is 31.7 Å². The van der Waals surface area contributed by atoms with Crippen LogP contribution in [0, 0.1) is 24.0 Å². The molecule has 0 unspecified atom stereocenters. The highest BCUT2D eigenvalue weighted by molar-refractivity contribution is 7.89. The number of sulfonamides is 1. The smallest absolute Gasteiger partial charge is 0.258 e. The SMILES string of the molecule is Cc1ccc(C)c([C@H](C)NS(=O)(=O)c2ccccc2[N+](=O)[O-])c1. The summed E-state index contributed by atoms with van der Waals surface area (Å²) in [5, 5.41) is 11.0. The number of nitro groups is 1. The Labute approximate surface area is 135 Å². The summed E-state index contributed by atoms with van der Waals surface area (Å²) >= 11 is 0. The number of rotatable bonds is 5. The van der Waals surface area contributed by atoms with Gasteiger partial charge in [0.05, 0.1) is 4.92 Å². The molecule has 0 aliphatic heterocycles. The topological polar surface area (TPSA) is 89.3 Å². The number of hydrogen-bond acceptors (Lipinski definition) is 4. The van der Waals surface area contributed by atoms with Crippen LogP contribution in [0.3, 0.4) is 0 Å². The average molecular weight is 334 g/mol. The van der Waals surface area contributed by atoms with Crippen molar-refractivity contribution in [3.8, 4) is 0 Å². The Balaban J connectivity index is 2.39. The van der Waals surface area contributed by atoms with Crippen LogP contribution >= 0.6 is 0 Å². The van der Waals surface area contributed by atoms with Gasteiger partial charge in [-0.3, -0.25) is 10.1 Å². The number of aryl methyl sites for hydroxylation is 2. The van der Waals surface area contributed by atoms with E-state index in [2.05, 4.69) is 4.72 Å². The molecule has 2 aromatic carbocycles. The molecule has 2 aromatic rings. The highest BCUT2D eigenvalue weighted by atomic mass is 32.2. The van der Waals surface area contributed by atoms with E-state index in [4.69, 9.17) is 0 Å². The van der Waals surface area contributed by atoms with Gasteiger partial charge in [0.1, 0.15) is 0 Å². The third-order valence-electron chi connectivity index (χ3n) is 3.58. The Bertz CT molecular complexity index is 847. The molecular weight excluding hydrogens is 316 g/mol. The molecule has 0 saturated heterocycles. The Morgan fingerprint density at radius 3 is 2.43 bits per heavy atom. The van der Waals surface area contributed by atoms with Crippen molar-refractivity contribution in [2.24, 2.45) is 0 Å². The lowest BCUT2D eigenvalue weighted by atomic mass is 10.0. The molecule has 0 bridgehead atoms. The second kappa shape index (κ2) is 6.47. The van der Waals surface area contributed by atoms with Gasteiger partial charge in [-0.15, -0.1) is 0 Å². The highest BCUT2D eigenvalue weighted by Gasteiger charge is 2.27. The first-order valence-electron chi connectivity index (χ1n) is 7.05. The Morgan fingerprint density at radius 1 is 1.13 bits per heavy atom. The fourth-order valence-corrected chi connectivity index (χ4v) is 3.82. The maximum Gasteiger partial charge on any atom is 0.289 e. The molecule has 0 amide bonds. The molecule has 0 radical (unpaired) electrons. The van der Waals surface area contributed by atoms with Gasteiger partial charge in [0.25, 0.3) is 5.69 Å². The lowest BCUT2D eigenvalue weighted by molar-refractivity contribution is -0.387. The monoisotopic (exact) mass is 334 g/mol. The zero-order chi connectivity index (χ0) is 17.2.